The van der Waals surface area contributed by atoms with Gasteiger partial charge in [-0.1, -0.05) is 24.3 Å². The number of carbonyl (C=O) groups excluding carboxylic acids is 4. The summed E-state index contributed by atoms with van der Waals surface area (Å²) in [5.41, 5.74) is -5.84. The average Bonchev–Trinajstić information content (AvgIpc) is 3.10. The first-order valence-corrected chi connectivity index (χ1v) is 15.5. The molecular formula is C30H30B3F7N4O11. The molecule has 3 rings (SSSR count). The van der Waals surface area contributed by atoms with Crippen molar-refractivity contribution in [3.05, 3.63) is 88.2 Å². The van der Waals surface area contributed by atoms with E-state index >= 15 is 4.39 Å². The molecule has 3 aromatic rings. The number of amides is 4. The number of nitrogens with one attached hydrogen (secondary N) is 3. The van der Waals surface area contributed by atoms with E-state index < -0.39 is 134 Å². The zero-order valence-corrected chi connectivity index (χ0v) is 28.2. The molecule has 0 aliphatic rings. The van der Waals surface area contributed by atoms with Crippen molar-refractivity contribution in [2.75, 3.05) is 20.2 Å². The van der Waals surface area contributed by atoms with Crippen LogP contribution in [0.3, 0.4) is 0 Å². The maximum atomic E-state index is 15.1. The summed E-state index contributed by atoms with van der Waals surface area (Å²) in [5.74, 6) is -6.50. The standard InChI is InChI=1S/C30H30B3F7N4O11/c1-55-43-25(45)13-41-27(47)24(42-26(46)19-6-4-16(31(49)50)10-21(19)29(35,36)37)8-9-44(14-15-2-3-18(33(53)54)12-23(15)34)28(48)20-7-5-17(32(51)52)11-22(20)30(38,39)40/h2-7,10-12,24,49-54H,8-9,13-14H2,1H3,(H,41,47)(H,42,46)(H,43,45)/t24-/m0/s1. The molecule has 0 heterocycles. The van der Waals surface area contributed by atoms with Crippen molar-refractivity contribution in [1.29, 1.82) is 0 Å². The molecular weight excluding hydrogens is 758 g/mol. The van der Waals surface area contributed by atoms with Crippen LogP contribution in [0.15, 0.2) is 54.6 Å². The molecule has 3 aromatic carbocycles. The van der Waals surface area contributed by atoms with Crippen LogP contribution in [0.5, 0.6) is 0 Å². The number of hydroxylamine groups is 1. The van der Waals surface area contributed by atoms with E-state index in [0.717, 1.165) is 31.4 Å². The number of nitrogens with zero attached hydrogens (tertiary/aromatic N) is 1. The number of benzene rings is 3. The molecule has 0 unspecified atom stereocenters. The van der Waals surface area contributed by atoms with Crippen LogP contribution < -0.4 is 32.5 Å². The highest BCUT2D eigenvalue weighted by atomic mass is 19.4. The molecule has 4 amide bonds. The van der Waals surface area contributed by atoms with Gasteiger partial charge in [0.25, 0.3) is 17.7 Å². The van der Waals surface area contributed by atoms with Gasteiger partial charge in [0.15, 0.2) is 0 Å². The fourth-order valence-corrected chi connectivity index (χ4v) is 5.01. The molecule has 25 heteroatoms. The monoisotopic (exact) mass is 788 g/mol. The Morgan fingerprint density at radius 3 is 1.75 bits per heavy atom. The van der Waals surface area contributed by atoms with Crippen LogP contribution in [0.1, 0.15) is 43.8 Å². The van der Waals surface area contributed by atoms with Crippen LogP contribution >= 0.6 is 0 Å². The third-order valence-corrected chi connectivity index (χ3v) is 7.74. The Bertz CT molecular complexity index is 1890. The van der Waals surface area contributed by atoms with E-state index in [1.54, 1.807) is 0 Å². The van der Waals surface area contributed by atoms with Crippen LogP contribution in [0, 0.1) is 5.82 Å². The second kappa shape index (κ2) is 18.5. The summed E-state index contributed by atoms with van der Waals surface area (Å²) in [6.45, 7) is -2.60. The number of alkyl halides is 6. The Hall–Kier alpha value is -5.04. The fraction of sp³-hybridized carbons (Fsp3) is 0.267. The third-order valence-electron chi connectivity index (χ3n) is 7.74. The van der Waals surface area contributed by atoms with Crippen molar-refractivity contribution in [2.45, 2.75) is 31.4 Å². The number of halogens is 7. The van der Waals surface area contributed by atoms with Gasteiger partial charge in [-0.3, -0.25) is 24.0 Å². The summed E-state index contributed by atoms with van der Waals surface area (Å²) in [4.78, 5) is 57.2. The van der Waals surface area contributed by atoms with Crippen molar-refractivity contribution in [3.63, 3.8) is 0 Å². The highest BCUT2D eigenvalue weighted by molar-refractivity contribution is 6.59. The summed E-state index contributed by atoms with van der Waals surface area (Å²) in [7, 11) is -5.88. The molecule has 55 heavy (non-hydrogen) atoms. The normalized spacial score (nSPS) is 12.0. The van der Waals surface area contributed by atoms with Gasteiger partial charge in [-0.05, 0) is 53.1 Å². The molecule has 1 atom stereocenters. The van der Waals surface area contributed by atoms with Crippen LogP contribution in [-0.4, -0.2) is 106 Å². The summed E-state index contributed by atoms with van der Waals surface area (Å²) in [6, 6.07) is 3.80. The van der Waals surface area contributed by atoms with E-state index in [2.05, 4.69) is 10.2 Å². The van der Waals surface area contributed by atoms with Crippen molar-refractivity contribution in [1.82, 2.24) is 21.0 Å². The first-order valence-electron chi connectivity index (χ1n) is 15.5. The highest BCUT2D eigenvalue weighted by Gasteiger charge is 2.39. The minimum atomic E-state index is -5.29. The van der Waals surface area contributed by atoms with Crippen molar-refractivity contribution >= 4 is 61.4 Å². The Morgan fingerprint density at radius 1 is 0.764 bits per heavy atom. The third kappa shape index (κ3) is 12.0. The van der Waals surface area contributed by atoms with E-state index in [-0.39, 0.29) is 17.6 Å². The second-order valence-corrected chi connectivity index (χ2v) is 11.6. The van der Waals surface area contributed by atoms with Crippen molar-refractivity contribution < 1.29 is 84.9 Å². The quantitative estimate of drug-likeness (QED) is 0.0445. The molecule has 0 aliphatic carbocycles. The summed E-state index contributed by atoms with van der Waals surface area (Å²) < 4.78 is 99.4. The molecule has 0 saturated carbocycles. The van der Waals surface area contributed by atoms with Gasteiger partial charge in [0, 0.05) is 18.7 Å². The van der Waals surface area contributed by atoms with Gasteiger partial charge in [0.2, 0.25) is 5.91 Å². The Balaban J connectivity index is 2.10. The topological polar surface area (TPSA) is 238 Å². The van der Waals surface area contributed by atoms with Gasteiger partial charge in [0.1, 0.15) is 11.9 Å². The Kier molecular flexibility index (Phi) is 14.9. The fourth-order valence-electron chi connectivity index (χ4n) is 5.01. The maximum absolute atomic E-state index is 15.1. The lowest BCUT2D eigenvalue weighted by Gasteiger charge is -2.27. The lowest BCUT2D eigenvalue weighted by Crippen LogP contribution is -2.50. The van der Waals surface area contributed by atoms with E-state index in [1.807, 2.05) is 10.8 Å². The average molecular weight is 788 g/mol. The minimum Gasteiger partial charge on any atom is -0.423 e. The number of hydrogen-bond donors (Lipinski definition) is 9. The van der Waals surface area contributed by atoms with E-state index in [0.29, 0.717) is 23.1 Å². The van der Waals surface area contributed by atoms with Gasteiger partial charge >= 0.3 is 33.7 Å². The van der Waals surface area contributed by atoms with Crippen LogP contribution in [0.25, 0.3) is 0 Å². The van der Waals surface area contributed by atoms with Gasteiger partial charge in [-0.15, -0.1) is 0 Å². The largest absolute Gasteiger partial charge is 0.488 e. The predicted octanol–water partition coefficient (Wildman–Crippen LogP) is -2.47. The van der Waals surface area contributed by atoms with Crippen molar-refractivity contribution in [2.24, 2.45) is 0 Å². The zero-order chi connectivity index (χ0) is 41.4. The zero-order valence-electron chi connectivity index (χ0n) is 28.2. The van der Waals surface area contributed by atoms with Gasteiger partial charge < -0.3 is 45.7 Å². The van der Waals surface area contributed by atoms with E-state index in [9.17, 15) is 75.7 Å². The van der Waals surface area contributed by atoms with Crippen molar-refractivity contribution in [3.8, 4) is 0 Å². The maximum Gasteiger partial charge on any atom is 0.488 e. The molecule has 0 bridgehead atoms. The lowest BCUT2D eigenvalue weighted by atomic mass is 9.78. The molecule has 0 aromatic heterocycles. The number of rotatable bonds is 15. The number of carbonyl (C=O) groups is 4. The van der Waals surface area contributed by atoms with Gasteiger partial charge in [0.05, 0.1) is 35.9 Å². The highest BCUT2D eigenvalue weighted by Crippen LogP contribution is 2.33. The minimum absolute atomic E-state index is 0.249. The van der Waals surface area contributed by atoms with Crippen LogP contribution in [0.2, 0.25) is 0 Å². The molecule has 294 valence electrons. The lowest BCUT2D eigenvalue weighted by molar-refractivity contribution is -0.138. The molecule has 0 aliphatic heterocycles. The molecule has 15 nitrogen and oxygen atoms in total. The molecule has 0 radical (unpaired) electrons. The first kappa shape index (κ1) is 44.4. The van der Waals surface area contributed by atoms with Crippen LogP contribution in [-0.2, 0) is 33.3 Å². The molecule has 0 spiro atoms. The van der Waals surface area contributed by atoms with E-state index in [1.165, 1.54) is 0 Å². The number of hydrogen-bond acceptors (Lipinski definition) is 11. The molecule has 0 fully saturated rings. The first-order chi connectivity index (χ1) is 25.5. The van der Waals surface area contributed by atoms with Gasteiger partial charge in [-0.25, -0.2) is 9.87 Å². The van der Waals surface area contributed by atoms with Gasteiger partial charge in [-0.2, -0.15) is 26.3 Å². The predicted molar refractivity (Wildman–Crippen MR) is 178 cm³/mol. The Labute approximate surface area is 307 Å². The smallest absolute Gasteiger partial charge is 0.423 e. The van der Waals surface area contributed by atoms with Crippen LogP contribution in [0.4, 0.5) is 30.7 Å². The second-order valence-electron chi connectivity index (χ2n) is 11.6. The Morgan fingerprint density at radius 2 is 1.25 bits per heavy atom. The van der Waals surface area contributed by atoms with E-state index in [4.69, 9.17) is 0 Å². The molecule has 9 N–H and O–H groups in total. The summed E-state index contributed by atoms with van der Waals surface area (Å²) in [6.07, 6.45) is -11.4. The summed E-state index contributed by atoms with van der Waals surface area (Å²) in [5, 5.41) is 60.3. The SMILES string of the molecule is CONC(=O)CNC(=O)[C@H](CCN(Cc1ccc(B(O)O)cc1F)C(=O)c1ccc(B(O)O)cc1C(F)(F)F)NC(=O)c1ccc(B(O)O)cc1C(F)(F)F. The summed E-state index contributed by atoms with van der Waals surface area (Å²) >= 11 is 0. The molecule has 0 saturated heterocycles.